The number of aromatic nitrogens is 1. The molecule has 0 atom stereocenters. The molecule has 0 bridgehead atoms. The summed E-state index contributed by atoms with van der Waals surface area (Å²) >= 11 is 0. The molecule has 1 aromatic heterocycles. The van der Waals surface area contributed by atoms with Gasteiger partial charge in [0.05, 0.1) is 11.7 Å². The van der Waals surface area contributed by atoms with Crippen LogP contribution in [0.3, 0.4) is 0 Å². The van der Waals surface area contributed by atoms with E-state index in [1.807, 2.05) is 0 Å². The van der Waals surface area contributed by atoms with E-state index < -0.39 is 23.6 Å². The van der Waals surface area contributed by atoms with Crippen LogP contribution in [-0.2, 0) is 0 Å². The van der Waals surface area contributed by atoms with Gasteiger partial charge in [-0.25, -0.2) is 0 Å². The third-order valence-corrected chi connectivity index (χ3v) is 1.16. The molecule has 0 fully saturated rings. The van der Waals surface area contributed by atoms with Crippen molar-refractivity contribution in [3.63, 3.8) is 0 Å². The SMILES string of the molecule is O=C([O-])Oc1cccnc1C(=O)[O-]. The lowest BCUT2D eigenvalue weighted by Gasteiger charge is -2.12. The number of rotatable bonds is 2. The largest absolute Gasteiger partial charge is 0.543 e. The average Bonchev–Trinajstić information content (AvgIpc) is 2.03. The fraction of sp³-hybridized carbons (Fsp3) is 0. The Bertz CT molecular complexity index is 348. The van der Waals surface area contributed by atoms with Crippen LogP contribution < -0.4 is 14.9 Å². The van der Waals surface area contributed by atoms with Crippen LogP contribution in [0.4, 0.5) is 4.79 Å². The average molecular weight is 181 g/mol. The van der Waals surface area contributed by atoms with Crippen LogP contribution >= 0.6 is 0 Å². The number of carbonyl (C=O) groups is 2. The fourth-order valence-corrected chi connectivity index (χ4v) is 0.716. The number of nitrogens with zero attached hydrogens (tertiary/aromatic N) is 1. The van der Waals surface area contributed by atoms with E-state index in [4.69, 9.17) is 0 Å². The first-order valence-corrected chi connectivity index (χ1v) is 3.16. The van der Waals surface area contributed by atoms with E-state index in [1.165, 1.54) is 12.3 Å². The third kappa shape index (κ3) is 2.16. The van der Waals surface area contributed by atoms with Gasteiger partial charge in [0.25, 0.3) is 6.16 Å². The van der Waals surface area contributed by atoms with Gasteiger partial charge in [-0.15, -0.1) is 0 Å². The zero-order chi connectivity index (χ0) is 9.84. The summed E-state index contributed by atoms with van der Waals surface area (Å²) in [5.41, 5.74) is -0.577. The Morgan fingerprint density at radius 2 is 2.08 bits per heavy atom. The molecule has 0 saturated carbocycles. The normalized spacial score (nSPS) is 9.23. The van der Waals surface area contributed by atoms with Crippen molar-refractivity contribution in [2.75, 3.05) is 0 Å². The van der Waals surface area contributed by atoms with Crippen molar-refractivity contribution in [1.29, 1.82) is 0 Å². The molecule has 13 heavy (non-hydrogen) atoms. The standard InChI is InChI=1S/C7H5NO5/c9-6(10)5-4(13-7(11)12)2-1-3-8-5/h1-3H,(H,9,10)(H,11,12)/p-2. The zero-order valence-electron chi connectivity index (χ0n) is 6.22. The lowest BCUT2D eigenvalue weighted by Crippen LogP contribution is -2.29. The van der Waals surface area contributed by atoms with Crippen molar-refractivity contribution in [2.24, 2.45) is 0 Å². The summed E-state index contributed by atoms with van der Waals surface area (Å²) in [7, 11) is 0. The second-order valence-electron chi connectivity index (χ2n) is 1.99. The molecule has 0 radical (unpaired) electrons. The number of carbonyl (C=O) groups excluding carboxylic acids is 2. The first-order valence-electron chi connectivity index (χ1n) is 3.16. The Hall–Kier alpha value is -2.11. The minimum atomic E-state index is -1.85. The first-order chi connectivity index (χ1) is 6.11. The number of hydrogen-bond donors (Lipinski definition) is 0. The highest BCUT2D eigenvalue weighted by molar-refractivity contribution is 5.87. The van der Waals surface area contributed by atoms with Crippen molar-refractivity contribution >= 4 is 12.1 Å². The Kier molecular flexibility index (Phi) is 2.44. The number of ether oxygens (including phenoxy) is 1. The van der Waals surface area contributed by atoms with E-state index in [1.54, 1.807) is 0 Å². The maximum Gasteiger partial charge on any atom is 0.257 e. The molecule has 0 aromatic carbocycles. The maximum absolute atomic E-state index is 10.3. The highest BCUT2D eigenvalue weighted by atomic mass is 16.7. The summed E-state index contributed by atoms with van der Waals surface area (Å²) < 4.78 is 4.03. The summed E-state index contributed by atoms with van der Waals surface area (Å²) in [4.78, 5) is 23.7. The van der Waals surface area contributed by atoms with Gasteiger partial charge in [0, 0.05) is 6.20 Å². The molecule has 0 aliphatic heterocycles. The Morgan fingerprint density at radius 1 is 1.38 bits per heavy atom. The van der Waals surface area contributed by atoms with Gasteiger partial charge in [0.1, 0.15) is 5.69 Å². The smallest absolute Gasteiger partial charge is 0.257 e. The quantitative estimate of drug-likeness (QED) is 0.497. The van der Waals surface area contributed by atoms with Gasteiger partial charge < -0.3 is 24.5 Å². The second-order valence-corrected chi connectivity index (χ2v) is 1.99. The highest BCUT2D eigenvalue weighted by Crippen LogP contribution is 2.13. The van der Waals surface area contributed by atoms with Crippen LogP contribution in [0.15, 0.2) is 18.3 Å². The summed E-state index contributed by atoms with van der Waals surface area (Å²) in [6.07, 6.45) is -0.678. The number of aromatic carboxylic acids is 1. The van der Waals surface area contributed by atoms with Gasteiger partial charge in [-0.05, 0) is 12.1 Å². The zero-order valence-corrected chi connectivity index (χ0v) is 6.22. The van der Waals surface area contributed by atoms with Crippen molar-refractivity contribution in [3.05, 3.63) is 24.0 Å². The Balaban J connectivity index is 3.04. The molecule has 0 saturated heterocycles. The highest BCUT2D eigenvalue weighted by Gasteiger charge is 2.02. The van der Waals surface area contributed by atoms with Gasteiger partial charge in [-0.3, -0.25) is 4.98 Å². The summed E-state index contributed by atoms with van der Waals surface area (Å²) in [5, 5.41) is 20.3. The summed E-state index contributed by atoms with van der Waals surface area (Å²) in [6.45, 7) is 0. The molecule has 1 rings (SSSR count). The molecule has 6 nitrogen and oxygen atoms in total. The number of hydrogen-bond acceptors (Lipinski definition) is 6. The predicted molar refractivity (Wildman–Crippen MR) is 34.6 cm³/mol. The summed E-state index contributed by atoms with van der Waals surface area (Å²) in [6, 6.07) is 2.46. The molecule has 0 aliphatic carbocycles. The van der Waals surface area contributed by atoms with Crippen LogP contribution in [0.25, 0.3) is 0 Å². The molecular formula is C7H3NO5-2. The number of pyridine rings is 1. The topological polar surface area (TPSA) is 102 Å². The maximum atomic E-state index is 10.3. The Morgan fingerprint density at radius 3 is 2.62 bits per heavy atom. The van der Waals surface area contributed by atoms with E-state index >= 15 is 0 Å². The molecule has 0 N–H and O–H groups in total. The Labute approximate surface area is 72.4 Å². The van der Waals surface area contributed by atoms with E-state index in [2.05, 4.69) is 9.72 Å². The molecule has 68 valence electrons. The molecule has 1 heterocycles. The van der Waals surface area contributed by atoms with Crippen molar-refractivity contribution < 1.29 is 24.5 Å². The molecule has 0 spiro atoms. The van der Waals surface area contributed by atoms with Crippen LogP contribution in [0.1, 0.15) is 10.5 Å². The van der Waals surface area contributed by atoms with E-state index in [0.29, 0.717) is 0 Å². The van der Waals surface area contributed by atoms with Gasteiger partial charge >= 0.3 is 0 Å². The lowest BCUT2D eigenvalue weighted by molar-refractivity contribution is -0.271. The molecule has 1 aromatic rings. The minimum absolute atomic E-state index is 0.414. The van der Waals surface area contributed by atoms with Crippen LogP contribution in [0.5, 0.6) is 5.75 Å². The molecule has 0 amide bonds. The third-order valence-electron chi connectivity index (χ3n) is 1.16. The molecular weight excluding hydrogens is 178 g/mol. The van der Waals surface area contributed by atoms with Gasteiger partial charge in [-0.1, -0.05) is 0 Å². The minimum Gasteiger partial charge on any atom is -0.543 e. The number of carboxylic acids is 1. The van der Waals surface area contributed by atoms with E-state index in [-0.39, 0.29) is 0 Å². The monoisotopic (exact) mass is 181 g/mol. The first kappa shape index (κ1) is 8.98. The van der Waals surface area contributed by atoms with Crippen LogP contribution in [-0.4, -0.2) is 17.1 Å². The molecule has 0 aliphatic rings. The van der Waals surface area contributed by atoms with Gasteiger partial charge in [-0.2, -0.15) is 0 Å². The van der Waals surface area contributed by atoms with Crippen LogP contribution in [0, 0.1) is 0 Å². The predicted octanol–water partition coefficient (Wildman–Crippen LogP) is -1.83. The van der Waals surface area contributed by atoms with Crippen molar-refractivity contribution in [2.45, 2.75) is 0 Å². The van der Waals surface area contributed by atoms with Crippen molar-refractivity contribution in [3.8, 4) is 5.75 Å². The van der Waals surface area contributed by atoms with Crippen LogP contribution in [0.2, 0.25) is 0 Å². The molecule has 0 unspecified atom stereocenters. The summed E-state index contributed by atoms with van der Waals surface area (Å²) in [5.74, 6) is -2.03. The van der Waals surface area contributed by atoms with Crippen molar-refractivity contribution in [1.82, 2.24) is 4.98 Å². The molecule has 6 heteroatoms. The number of carboxylic acid groups (broad SMARTS) is 2. The fourth-order valence-electron chi connectivity index (χ4n) is 0.716. The lowest BCUT2D eigenvalue weighted by atomic mass is 10.3. The second kappa shape index (κ2) is 3.53. The van der Waals surface area contributed by atoms with Gasteiger partial charge in [0.15, 0.2) is 0 Å². The van der Waals surface area contributed by atoms with E-state index in [0.717, 1.165) is 6.07 Å². The van der Waals surface area contributed by atoms with E-state index in [9.17, 15) is 19.8 Å². The van der Waals surface area contributed by atoms with Gasteiger partial charge in [0.2, 0.25) is 0 Å².